The normalized spacial score (nSPS) is 18.9. The van der Waals surface area contributed by atoms with Gasteiger partial charge in [0.25, 0.3) is 0 Å². The van der Waals surface area contributed by atoms with Crippen molar-refractivity contribution in [2.24, 2.45) is 5.92 Å². The number of imidazole rings is 1. The fourth-order valence-electron chi connectivity index (χ4n) is 4.35. The number of nitrogens with one attached hydrogen (secondary N) is 2. The molecule has 7 heteroatoms. The van der Waals surface area contributed by atoms with Crippen molar-refractivity contribution in [3.63, 3.8) is 0 Å². The molecule has 2 aromatic heterocycles. The highest BCUT2D eigenvalue weighted by molar-refractivity contribution is 5.93. The number of amides is 1. The van der Waals surface area contributed by atoms with Gasteiger partial charge in [0.15, 0.2) is 0 Å². The van der Waals surface area contributed by atoms with E-state index in [0.717, 1.165) is 39.7 Å². The monoisotopic (exact) mass is 444 g/mol. The average Bonchev–Trinajstić information content (AvgIpc) is 3.29. The van der Waals surface area contributed by atoms with Crippen LogP contribution in [0.1, 0.15) is 57.5 Å². The van der Waals surface area contributed by atoms with Crippen molar-refractivity contribution in [1.82, 2.24) is 19.9 Å². The van der Waals surface area contributed by atoms with Crippen LogP contribution in [0, 0.1) is 5.92 Å². The van der Waals surface area contributed by atoms with Crippen LogP contribution in [-0.4, -0.2) is 32.1 Å². The Bertz CT molecular complexity index is 1330. The van der Waals surface area contributed by atoms with Gasteiger partial charge in [0, 0.05) is 29.0 Å². The van der Waals surface area contributed by atoms with Crippen LogP contribution >= 0.6 is 0 Å². The van der Waals surface area contributed by atoms with Gasteiger partial charge in [-0.1, -0.05) is 30.3 Å². The van der Waals surface area contributed by atoms with Crippen LogP contribution in [0.15, 0.2) is 54.7 Å². The summed E-state index contributed by atoms with van der Waals surface area (Å²) in [5.41, 5.74) is 2.95. The van der Waals surface area contributed by atoms with Gasteiger partial charge < -0.3 is 15.0 Å². The summed E-state index contributed by atoms with van der Waals surface area (Å²) in [5, 5.41) is 4.06. The molecule has 1 aliphatic rings. The Labute approximate surface area is 192 Å². The van der Waals surface area contributed by atoms with Crippen LogP contribution in [0.3, 0.4) is 0 Å². The van der Waals surface area contributed by atoms with Crippen LogP contribution < -0.4 is 5.32 Å². The van der Waals surface area contributed by atoms with Crippen LogP contribution in [0.2, 0.25) is 0 Å². The minimum Gasteiger partial charge on any atom is -0.443 e. The van der Waals surface area contributed by atoms with Crippen LogP contribution in [0.25, 0.3) is 21.9 Å². The Morgan fingerprint density at radius 2 is 1.88 bits per heavy atom. The summed E-state index contributed by atoms with van der Waals surface area (Å²) in [6.45, 7) is 7.47. The highest BCUT2D eigenvalue weighted by Crippen LogP contribution is 2.47. The average molecular weight is 445 g/mol. The molecule has 2 heterocycles. The van der Waals surface area contributed by atoms with Gasteiger partial charge in [0.05, 0.1) is 22.6 Å². The lowest BCUT2D eigenvalue weighted by atomic mass is 10.1. The first-order chi connectivity index (χ1) is 15.7. The number of nitrogens with zero attached hydrogens (tertiary/aromatic N) is 2. The molecule has 33 heavy (non-hydrogen) atoms. The third kappa shape index (κ3) is 4.11. The van der Waals surface area contributed by atoms with Crippen molar-refractivity contribution < 1.29 is 14.3 Å². The molecule has 3 atom stereocenters. The first kappa shape index (κ1) is 21.2. The highest BCUT2D eigenvalue weighted by Gasteiger charge is 2.46. The van der Waals surface area contributed by atoms with E-state index < -0.39 is 11.7 Å². The number of hydrogen-bond donors (Lipinski definition) is 2. The number of rotatable bonds is 4. The summed E-state index contributed by atoms with van der Waals surface area (Å²) in [5.74, 6) is 0.868. The summed E-state index contributed by atoms with van der Waals surface area (Å²) in [7, 11) is 0. The topological polar surface area (TPSA) is 89.0 Å². The van der Waals surface area contributed by atoms with E-state index in [0.29, 0.717) is 0 Å². The van der Waals surface area contributed by atoms with E-state index in [2.05, 4.69) is 15.3 Å². The third-order valence-corrected chi connectivity index (χ3v) is 6.04. The predicted molar refractivity (Wildman–Crippen MR) is 127 cm³/mol. The van der Waals surface area contributed by atoms with E-state index >= 15 is 0 Å². The van der Waals surface area contributed by atoms with E-state index in [1.165, 1.54) is 4.57 Å². The second kappa shape index (κ2) is 7.76. The molecule has 2 aromatic carbocycles. The summed E-state index contributed by atoms with van der Waals surface area (Å²) in [6, 6.07) is 15.3. The second-order valence-electron chi connectivity index (χ2n) is 9.77. The van der Waals surface area contributed by atoms with E-state index in [1.807, 2.05) is 76.2 Å². The van der Waals surface area contributed by atoms with Crippen molar-refractivity contribution in [2.45, 2.75) is 51.7 Å². The molecule has 0 radical (unpaired) electrons. The Morgan fingerprint density at radius 3 is 2.64 bits per heavy atom. The van der Waals surface area contributed by atoms with E-state index in [4.69, 9.17) is 4.74 Å². The Morgan fingerprint density at radius 1 is 1.15 bits per heavy atom. The largest absolute Gasteiger partial charge is 0.443 e. The summed E-state index contributed by atoms with van der Waals surface area (Å²) in [4.78, 5) is 33.8. The summed E-state index contributed by atoms with van der Waals surface area (Å²) < 4.78 is 7.09. The number of ether oxygens (including phenoxy) is 1. The maximum absolute atomic E-state index is 13.0. The zero-order chi connectivity index (χ0) is 23.3. The summed E-state index contributed by atoms with van der Waals surface area (Å²) >= 11 is 0. The number of H-pyrrole nitrogens is 1. The van der Waals surface area contributed by atoms with Crippen LogP contribution in [0.5, 0.6) is 0 Å². The van der Waals surface area contributed by atoms with Crippen molar-refractivity contribution in [1.29, 1.82) is 0 Å². The minimum absolute atomic E-state index is 0.00190. The molecule has 5 rings (SSSR count). The van der Waals surface area contributed by atoms with Gasteiger partial charge in [0.2, 0.25) is 5.91 Å². The van der Waals surface area contributed by atoms with E-state index in [1.54, 1.807) is 6.20 Å². The van der Waals surface area contributed by atoms with Gasteiger partial charge in [-0.2, -0.15) is 0 Å². The molecule has 0 spiro atoms. The molecule has 0 bridgehead atoms. The number of para-hydroxylation sites is 3. The molecule has 7 nitrogen and oxygen atoms in total. The first-order valence-electron chi connectivity index (χ1n) is 11.3. The number of carbonyl (C=O) groups is 2. The molecule has 0 saturated heterocycles. The van der Waals surface area contributed by atoms with Crippen molar-refractivity contribution in [3.05, 3.63) is 66.1 Å². The maximum atomic E-state index is 13.0. The molecule has 170 valence electrons. The van der Waals surface area contributed by atoms with Gasteiger partial charge in [-0.3, -0.25) is 9.36 Å². The second-order valence-corrected chi connectivity index (χ2v) is 9.77. The Balaban J connectivity index is 1.33. The first-order valence-corrected chi connectivity index (χ1v) is 11.3. The molecular weight excluding hydrogens is 416 g/mol. The zero-order valence-electron chi connectivity index (χ0n) is 19.3. The predicted octanol–water partition coefficient (Wildman–Crippen LogP) is 5.28. The lowest BCUT2D eigenvalue weighted by Crippen LogP contribution is -2.28. The SMILES string of the molecule is C[C@@H](NC(=O)C1C[C@H]1c1nc2ccccc2[nH]1)c1cn(C(=O)OC(C)(C)C)c2ccccc12. The van der Waals surface area contributed by atoms with Crippen molar-refractivity contribution >= 4 is 33.9 Å². The number of aromatic amines is 1. The van der Waals surface area contributed by atoms with Gasteiger partial charge in [-0.15, -0.1) is 0 Å². The number of carbonyl (C=O) groups excluding carboxylic acids is 2. The quantitative estimate of drug-likeness (QED) is 0.448. The fourth-order valence-corrected chi connectivity index (χ4v) is 4.35. The van der Waals surface area contributed by atoms with Crippen LogP contribution in [0.4, 0.5) is 4.79 Å². The van der Waals surface area contributed by atoms with Crippen molar-refractivity contribution in [2.75, 3.05) is 0 Å². The minimum atomic E-state index is -0.597. The lowest BCUT2D eigenvalue weighted by molar-refractivity contribution is -0.123. The number of hydrogen-bond acceptors (Lipinski definition) is 4. The molecular formula is C26H28N4O3. The Hall–Kier alpha value is -3.61. The van der Waals surface area contributed by atoms with Gasteiger partial charge >= 0.3 is 6.09 Å². The molecule has 4 aromatic rings. The molecule has 1 fully saturated rings. The number of benzene rings is 2. The van der Waals surface area contributed by atoms with Gasteiger partial charge in [-0.05, 0) is 52.3 Å². The maximum Gasteiger partial charge on any atom is 0.419 e. The molecule has 1 aliphatic carbocycles. The number of aromatic nitrogens is 3. The molecule has 1 unspecified atom stereocenters. The molecule has 1 amide bonds. The third-order valence-electron chi connectivity index (χ3n) is 6.04. The lowest BCUT2D eigenvalue weighted by Gasteiger charge is -2.19. The van der Waals surface area contributed by atoms with Crippen LogP contribution in [-0.2, 0) is 9.53 Å². The Kier molecular flexibility index (Phi) is 5.00. The standard InChI is InChI=1S/C26H28N4O3/c1-15(19-14-30(25(32)33-26(2,3)4)22-12-8-5-9-16(19)22)27-24(31)18-13-17(18)23-28-20-10-6-7-11-21(20)29-23/h5-12,14-15,17-18H,13H2,1-4H3,(H,27,31)(H,28,29)/t15-,17-,18?/m1/s1. The van der Waals surface area contributed by atoms with E-state index in [9.17, 15) is 9.59 Å². The fraction of sp³-hybridized carbons (Fsp3) is 0.346. The highest BCUT2D eigenvalue weighted by atomic mass is 16.6. The smallest absolute Gasteiger partial charge is 0.419 e. The molecule has 1 saturated carbocycles. The zero-order valence-corrected chi connectivity index (χ0v) is 19.3. The van der Waals surface area contributed by atoms with Crippen molar-refractivity contribution in [3.8, 4) is 0 Å². The molecule has 2 N–H and O–H groups in total. The van der Waals surface area contributed by atoms with Gasteiger partial charge in [0.1, 0.15) is 11.4 Å². The van der Waals surface area contributed by atoms with E-state index in [-0.39, 0.29) is 23.8 Å². The number of fused-ring (bicyclic) bond motifs is 2. The van der Waals surface area contributed by atoms with Gasteiger partial charge in [-0.25, -0.2) is 9.78 Å². The summed E-state index contributed by atoms with van der Waals surface area (Å²) in [6.07, 6.45) is 2.11. The molecule has 0 aliphatic heterocycles.